The van der Waals surface area contributed by atoms with Gasteiger partial charge in [0.1, 0.15) is 6.04 Å². The van der Waals surface area contributed by atoms with Crippen molar-refractivity contribution >= 4 is 11.8 Å². The zero-order valence-corrected chi connectivity index (χ0v) is 11.8. The van der Waals surface area contributed by atoms with Crippen molar-refractivity contribution in [3.05, 3.63) is 29.1 Å². The van der Waals surface area contributed by atoms with Crippen LogP contribution in [0.2, 0.25) is 0 Å². The summed E-state index contributed by atoms with van der Waals surface area (Å²) in [5.41, 5.74) is 2.24. The number of hydrogen-bond donors (Lipinski definition) is 0. The second-order valence-electron chi connectivity index (χ2n) is 5.07. The Labute approximate surface area is 113 Å². The molecule has 1 fully saturated rings. The van der Waals surface area contributed by atoms with Gasteiger partial charge in [0.25, 0.3) is 5.91 Å². The van der Waals surface area contributed by atoms with Crippen molar-refractivity contribution in [3.63, 3.8) is 0 Å². The van der Waals surface area contributed by atoms with E-state index in [-0.39, 0.29) is 11.8 Å². The normalized spacial score (nSPS) is 19.8. The van der Waals surface area contributed by atoms with Crippen molar-refractivity contribution in [1.29, 1.82) is 0 Å². The van der Waals surface area contributed by atoms with E-state index in [9.17, 15) is 9.59 Å². The number of hydrogen-bond acceptors (Lipinski definition) is 3. The van der Waals surface area contributed by atoms with Gasteiger partial charge in [0, 0.05) is 37.1 Å². The van der Waals surface area contributed by atoms with Crippen LogP contribution in [-0.4, -0.2) is 52.8 Å². The molecule has 1 saturated heterocycles. The Hall–Kier alpha value is -1.91. The predicted molar refractivity (Wildman–Crippen MR) is 71.8 cm³/mol. The predicted octanol–water partition coefficient (Wildman–Crippen LogP) is 1.00. The summed E-state index contributed by atoms with van der Waals surface area (Å²) in [7, 11) is 1.77. The number of aromatic nitrogens is 1. The smallest absolute Gasteiger partial charge is 0.254 e. The summed E-state index contributed by atoms with van der Waals surface area (Å²) >= 11 is 0. The van der Waals surface area contributed by atoms with Gasteiger partial charge in [0.15, 0.2) is 0 Å². The average Bonchev–Trinajstić information content (AvgIpc) is 2.34. The Kier molecular flexibility index (Phi) is 3.55. The van der Waals surface area contributed by atoms with E-state index in [1.54, 1.807) is 35.9 Å². The molecule has 0 aromatic carbocycles. The maximum atomic E-state index is 12.5. The van der Waals surface area contributed by atoms with Crippen LogP contribution in [0.3, 0.4) is 0 Å². The largest absolute Gasteiger partial charge is 0.342 e. The number of rotatable bonds is 1. The Morgan fingerprint density at radius 1 is 1.26 bits per heavy atom. The standard InChI is InChI=1S/C14H19N3O2/c1-9-7-12(8-10(2)15-9)14(19)17-6-5-16(4)13(18)11(17)3/h7-8,11H,5-6H2,1-4H3. The van der Waals surface area contributed by atoms with Gasteiger partial charge in [-0.2, -0.15) is 0 Å². The van der Waals surface area contributed by atoms with Crippen molar-refractivity contribution in [2.24, 2.45) is 0 Å². The van der Waals surface area contributed by atoms with Crippen LogP contribution in [0.5, 0.6) is 0 Å². The van der Waals surface area contributed by atoms with Crippen LogP contribution in [0.15, 0.2) is 12.1 Å². The lowest BCUT2D eigenvalue weighted by Crippen LogP contribution is -2.56. The molecule has 0 radical (unpaired) electrons. The lowest BCUT2D eigenvalue weighted by atomic mass is 10.1. The summed E-state index contributed by atoms with van der Waals surface area (Å²) in [6.07, 6.45) is 0. The summed E-state index contributed by atoms with van der Waals surface area (Å²) in [5.74, 6) is -0.107. The third kappa shape index (κ3) is 2.59. The van der Waals surface area contributed by atoms with Crippen LogP contribution < -0.4 is 0 Å². The number of likely N-dealkylation sites (N-methyl/N-ethyl adjacent to an activating group) is 1. The van der Waals surface area contributed by atoms with Gasteiger partial charge in [0.05, 0.1) is 0 Å². The highest BCUT2D eigenvalue weighted by molar-refractivity contribution is 5.98. The van der Waals surface area contributed by atoms with E-state index in [2.05, 4.69) is 4.98 Å². The van der Waals surface area contributed by atoms with E-state index in [0.29, 0.717) is 18.7 Å². The highest BCUT2D eigenvalue weighted by Crippen LogP contribution is 2.15. The second-order valence-corrected chi connectivity index (χ2v) is 5.07. The summed E-state index contributed by atoms with van der Waals surface area (Å²) in [4.78, 5) is 32.0. The molecule has 102 valence electrons. The fourth-order valence-corrected chi connectivity index (χ4v) is 2.42. The molecule has 0 N–H and O–H groups in total. The van der Waals surface area contributed by atoms with E-state index in [0.717, 1.165) is 11.4 Å². The lowest BCUT2D eigenvalue weighted by Gasteiger charge is -2.37. The number of carbonyl (C=O) groups is 2. The molecule has 1 aromatic rings. The molecule has 19 heavy (non-hydrogen) atoms. The number of aryl methyl sites for hydroxylation is 2. The molecule has 0 aliphatic carbocycles. The monoisotopic (exact) mass is 261 g/mol. The molecule has 0 spiro atoms. The number of piperazine rings is 1. The first kappa shape index (κ1) is 13.5. The van der Waals surface area contributed by atoms with Gasteiger partial charge in [-0.25, -0.2) is 0 Å². The first-order valence-corrected chi connectivity index (χ1v) is 6.41. The molecule has 2 amide bonds. The second kappa shape index (κ2) is 4.99. The zero-order chi connectivity index (χ0) is 14.2. The van der Waals surface area contributed by atoms with Crippen molar-refractivity contribution in [2.75, 3.05) is 20.1 Å². The minimum absolute atomic E-state index is 0.0119. The maximum Gasteiger partial charge on any atom is 0.254 e. The quantitative estimate of drug-likeness (QED) is 0.758. The minimum atomic E-state index is -0.403. The SMILES string of the molecule is Cc1cc(C(=O)N2CCN(C)C(=O)C2C)cc(C)n1. The maximum absolute atomic E-state index is 12.5. The van der Waals surface area contributed by atoms with Gasteiger partial charge >= 0.3 is 0 Å². The first-order chi connectivity index (χ1) is 8.90. The number of nitrogens with zero attached hydrogens (tertiary/aromatic N) is 3. The van der Waals surface area contributed by atoms with Gasteiger partial charge < -0.3 is 9.80 Å². The third-order valence-corrected chi connectivity index (χ3v) is 3.47. The van der Waals surface area contributed by atoms with Crippen LogP contribution in [-0.2, 0) is 4.79 Å². The Morgan fingerprint density at radius 2 is 1.84 bits per heavy atom. The summed E-state index contributed by atoms with van der Waals surface area (Å²) in [6, 6.07) is 3.13. The summed E-state index contributed by atoms with van der Waals surface area (Å²) in [5, 5.41) is 0. The van der Waals surface area contributed by atoms with Gasteiger partial charge in [-0.1, -0.05) is 0 Å². The minimum Gasteiger partial charge on any atom is -0.342 e. The molecule has 1 aliphatic rings. The molecular formula is C14H19N3O2. The molecular weight excluding hydrogens is 242 g/mol. The van der Waals surface area contributed by atoms with Gasteiger partial charge in [-0.15, -0.1) is 0 Å². The highest BCUT2D eigenvalue weighted by atomic mass is 16.2. The molecule has 0 saturated carbocycles. The van der Waals surface area contributed by atoms with E-state index in [1.165, 1.54) is 0 Å². The van der Waals surface area contributed by atoms with Gasteiger partial charge in [-0.05, 0) is 32.9 Å². The van der Waals surface area contributed by atoms with E-state index >= 15 is 0 Å². The molecule has 1 atom stereocenters. The van der Waals surface area contributed by atoms with Crippen LogP contribution in [0.4, 0.5) is 0 Å². The van der Waals surface area contributed by atoms with Crippen molar-refractivity contribution in [1.82, 2.24) is 14.8 Å². The van der Waals surface area contributed by atoms with Crippen LogP contribution >= 0.6 is 0 Å². The molecule has 1 aliphatic heterocycles. The Morgan fingerprint density at radius 3 is 2.42 bits per heavy atom. The highest BCUT2D eigenvalue weighted by Gasteiger charge is 2.33. The number of carbonyl (C=O) groups excluding carboxylic acids is 2. The zero-order valence-electron chi connectivity index (χ0n) is 11.8. The third-order valence-electron chi connectivity index (χ3n) is 3.47. The number of pyridine rings is 1. The molecule has 0 bridgehead atoms. The molecule has 2 heterocycles. The average molecular weight is 261 g/mol. The summed E-state index contributed by atoms with van der Waals surface area (Å²) < 4.78 is 0. The first-order valence-electron chi connectivity index (χ1n) is 6.41. The van der Waals surface area contributed by atoms with Crippen molar-refractivity contribution in [2.45, 2.75) is 26.8 Å². The van der Waals surface area contributed by atoms with Gasteiger partial charge in [-0.3, -0.25) is 14.6 Å². The Balaban J connectivity index is 2.26. The fourth-order valence-electron chi connectivity index (χ4n) is 2.42. The topological polar surface area (TPSA) is 53.5 Å². The number of amides is 2. The van der Waals surface area contributed by atoms with E-state index in [1.807, 2.05) is 13.8 Å². The van der Waals surface area contributed by atoms with Crippen LogP contribution in [0.1, 0.15) is 28.7 Å². The van der Waals surface area contributed by atoms with Crippen LogP contribution in [0.25, 0.3) is 0 Å². The van der Waals surface area contributed by atoms with Crippen molar-refractivity contribution in [3.8, 4) is 0 Å². The molecule has 5 heteroatoms. The molecule has 2 rings (SSSR count). The van der Waals surface area contributed by atoms with E-state index < -0.39 is 6.04 Å². The molecule has 1 unspecified atom stereocenters. The van der Waals surface area contributed by atoms with Crippen LogP contribution in [0, 0.1) is 13.8 Å². The Bertz CT molecular complexity index is 507. The molecule has 1 aromatic heterocycles. The lowest BCUT2D eigenvalue weighted by molar-refractivity contribution is -0.137. The molecule has 5 nitrogen and oxygen atoms in total. The fraction of sp³-hybridized carbons (Fsp3) is 0.500. The van der Waals surface area contributed by atoms with Crippen molar-refractivity contribution < 1.29 is 9.59 Å². The van der Waals surface area contributed by atoms with E-state index in [4.69, 9.17) is 0 Å². The summed E-state index contributed by atoms with van der Waals surface area (Å²) in [6.45, 7) is 6.65. The van der Waals surface area contributed by atoms with Gasteiger partial charge in [0.2, 0.25) is 5.91 Å².